The SMILES string of the molecule is COC(=O)c1c(OC)cc(OC)cc1C1NC(CO)(C(=O)O)C2C(=O)N(c3ccccc3C)C(=O)C12. The molecule has 2 aromatic carbocycles. The molecule has 2 heterocycles. The van der Waals surface area contributed by atoms with E-state index in [4.69, 9.17) is 14.2 Å². The molecule has 4 rings (SSSR count). The molecule has 11 nitrogen and oxygen atoms in total. The van der Waals surface area contributed by atoms with Crippen molar-refractivity contribution in [3.63, 3.8) is 0 Å². The molecule has 2 aromatic rings. The Labute approximate surface area is 206 Å². The summed E-state index contributed by atoms with van der Waals surface area (Å²) in [6.07, 6.45) is 0. The van der Waals surface area contributed by atoms with E-state index in [-0.39, 0.29) is 22.6 Å². The lowest BCUT2D eigenvalue weighted by Crippen LogP contribution is -2.58. The van der Waals surface area contributed by atoms with Gasteiger partial charge in [-0.25, -0.2) is 9.69 Å². The van der Waals surface area contributed by atoms with Crippen molar-refractivity contribution in [3.05, 3.63) is 53.1 Å². The molecular formula is C25H26N2O9. The Hall–Kier alpha value is -3.96. The second-order valence-corrected chi connectivity index (χ2v) is 8.64. The molecule has 4 atom stereocenters. The van der Waals surface area contributed by atoms with Gasteiger partial charge in [0, 0.05) is 12.1 Å². The van der Waals surface area contributed by atoms with E-state index in [1.54, 1.807) is 31.2 Å². The van der Waals surface area contributed by atoms with Crippen LogP contribution in [0.25, 0.3) is 0 Å². The Morgan fingerprint density at radius 1 is 1.08 bits per heavy atom. The normalized spacial score (nSPS) is 25.0. The van der Waals surface area contributed by atoms with E-state index >= 15 is 0 Å². The number of carboxylic acid groups (broad SMARTS) is 1. The van der Waals surface area contributed by atoms with Crippen LogP contribution >= 0.6 is 0 Å². The van der Waals surface area contributed by atoms with Gasteiger partial charge in [0.25, 0.3) is 0 Å². The summed E-state index contributed by atoms with van der Waals surface area (Å²) < 4.78 is 15.6. The van der Waals surface area contributed by atoms with Crippen molar-refractivity contribution in [2.45, 2.75) is 18.5 Å². The molecule has 2 amide bonds. The van der Waals surface area contributed by atoms with Crippen molar-refractivity contribution in [2.24, 2.45) is 11.8 Å². The number of benzene rings is 2. The van der Waals surface area contributed by atoms with E-state index in [1.165, 1.54) is 33.5 Å². The van der Waals surface area contributed by atoms with Crippen LogP contribution in [0.3, 0.4) is 0 Å². The fraction of sp³-hybridized carbons (Fsp3) is 0.360. The number of carboxylic acids is 1. The first-order chi connectivity index (χ1) is 17.2. The van der Waals surface area contributed by atoms with Gasteiger partial charge >= 0.3 is 11.9 Å². The van der Waals surface area contributed by atoms with Gasteiger partial charge in [-0.05, 0) is 30.2 Å². The van der Waals surface area contributed by atoms with Crippen molar-refractivity contribution >= 4 is 29.4 Å². The highest BCUT2D eigenvalue weighted by Gasteiger charge is 2.69. The van der Waals surface area contributed by atoms with Crippen LogP contribution in [0.2, 0.25) is 0 Å². The third-order valence-corrected chi connectivity index (χ3v) is 6.93. The molecule has 2 aliphatic rings. The number of rotatable bonds is 7. The van der Waals surface area contributed by atoms with Crippen molar-refractivity contribution in [2.75, 3.05) is 32.8 Å². The Kier molecular flexibility index (Phi) is 6.46. The summed E-state index contributed by atoms with van der Waals surface area (Å²) in [4.78, 5) is 53.8. The van der Waals surface area contributed by atoms with Gasteiger partial charge < -0.3 is 24.4 Å². The molecule has 0 aromatic heterocycles. The first-order valence-corrected chi connectivity index (χ1v) is 11.1. The number of aliphatic hydroxyl groups is 1. The zero-order chi connectivity index (χ0) is 26.4. The molecule has 4 unspecified atom stereocenters. The number of carbonyl (C=O) groups excluding carboxylic acids is 3. The number of fused-ring (bicyclic) bond motifs is 1. The number of esters is 1. The standard InChI is InChI=1S/C25H26N2O9/c1-12-7-5-6-8-15(12)27-21(29)18-19(22(27)30)25(11-28,24(32)33)26-20(18)14-9-13(34-2)10-16(35-3)17(14)23(31)36-4/h5-10,18-20,26,28H,11H2,1-4H3,(H,32,33). The molecule has 190 valence electrons. The highest BCUT2D eigenvalue weighted by atomic mass is 16.5. The number of nitrogens with one attached hydrogen (secondary N) is 1. The van der Waals surface area contributed by atoms with Gasteiger partial charge in [0.1, 0.15) is 17.1 Å². The van der Waals surface area contributed by atoms with Crippen LogP contribution in [0.4, 0.5) is 5.69 Å². The zero-order valence-electron chi connectivity index (χ0n) is 20.1. The van der Waals surface area contributed by atoms with Gasteiger partial charge in [0.2, 0.25) is 11.8 Å². The summed E-state index contributed by atoms with van der Waals surface area (Å²) in [5, 5.41) is 23.3. The van der Waals surface area contributed by atoms with E-state index in [1.807, 2.05) is 0 Å². The van der Waals surface area contributed by atoms with Crippen LogP contribution in [0.15, 0.2) is 36.4 Å². The van der Waals surface area contributed by atoms with Gasteiger partial charge in [-0.2, -0.15) is 0 Å². The van der Waals surface area contributed by atoms with Crippen LogP contribution in [0.5, 0.6) is 11.5 Å². The molecular weight excluding hydrogens is 472 g/mol. The molecule has 2 saturated heterocycles. The average molecular weight is 498 g/mol. The Balaban J connectivity index is 1.98. The monoisotopic (exact) mass is 498 g/mol. The fourth-order valence-electron chi connectivity index (χ4n) is 5.19. The number of aliphatic hydroxyl groups excluding tert-OH is 1. The average Bonchev–Trinajstić information content (AvgIpc) is 3.37. The molecule has 3 N–H and O–H groups in total. The Morgan fingerprint density at radius 2 is 1.78 bits per heavy atom. The zero-order valence-corrected chi connectivity index (χ0v) is 20.1. The van der Waals surface area contributed by atoms with Crippen LogP contribution in [-0.2, 0) is 19.1 Å². The molecule has 11 heteroatoms. The molecule has 0 saturated carbocycles. The Morgan fingerprint density at radius 3 is 2.33 bits per heavy atom. The number of para-hydroxylation sites is 1. The molecule has 36 heavy (non-hydrogen) atoms. The maximum absolute atomic E-state index is 13.8. The Bertz CT molecular complexity index is 1260. The van der Waals surface area contributed by atoms with Crippen molar-refractivity contribution in [1.29, 1.82) is 0 Å². The van der Waals surface area contributed by atoms with Gasteiger partial charge in [-0.3, -0.25) is 19.7 Å². The number of imide groups is 1. The predicted octanol–water partition coefficient (Wildman–Crippen LogP) is 1.06. The predicted molar refractivity (Wildman–Crippen MR) is 125 cm³/mol. The number of methoxy groups -OCH3 is 3. The first kappa shape index (κ1) is 25.1. The number of amides is 2. The number of aliphatic carboxylic acids is 1. The van der Waals surface area contributed by atoms with Crippen LogP contribution in [-0.4, -0.2) is 67.4 Å². The number of hydrogen-bond acceptors (Lipinski definition) is 9. The molecule has 0 aliphatic carbocycles. The minimum atomic E-state index is -2.19. The lowest BCUT2D eigenvalue weighted by Gasteiger charge is -2.30. The van der Waals surface area contributed by atoms with E-state index in [2.05, 4.69) is 5.32 Å². The number of aryl methyl sites for hydroxylation is 1. The van der Waals surface area contributed by atoms with Crippen molar-refractivity contribution < 1.29 is 43.6 Å². The van der Waals surface area contributed by atoms with Crippen molar-refractivity contribution in [3.8, 4) is 11.5 Å². The molecule has 0 radical (unpaired) electrons. The minimum Gasteiger partial charge on any atom is -0.497 e. The summed E-state index contributed by atoms with van der Waals surface area (Å²) in [5.41, 5.74) is -1.17. The number of ether oxygens (including phenoxy) is 3. The molecule has 2 aliphatic heterocycles. The van der Waals surface area contributed by atoms with Gasteiger partial charge in [0.15, 0.2) is 5.54 Å². The second kappa shape index (κ2) is 9.25. The molecule has 2 fully saturated rings. The smallest absolute Gasteiger partial charge is 0.341 e. The maximum atomic E-state index is 13.8. The fourth-order valence-corrected chi connectivity index (χ4v) is 5.19. The number of carbonyl (C=O) groups is 4. The summed E-state index contributed by atoms with van der Waals surface area (Å²) in [6.45, 7) is 0.744. The van der Waals surface area contributed by atoms with E-state index in [0.717, 1.165) is 4.90 Å². The summed E-state index contributed by atoms with van der Waals surface area (Å²) in [6, 6.07) is 8.43. The largest absolute Gasteiger partial charge is 0.497 e. The summed E-state index contributed by atoms with van der Waals surface area (Å²) >= 11 is 0. The number of hydrogen-bond donors (Lipinski definition) is 3. The minimum absolute atomic E-state index is 0.0641. The van der Waals surface area contributed by atoms with Crippen LogP contribution in [0.1, 0.15) is 27.5 Å². The lowest BCUT2D eigenvalue weighted by molar-refractivity contribution is -0.150. The third-order valence-electron chi connectivity index (χ3n) is 6.93. The molecule has 0 spiro atoms. The highest BCUT2D eigenvalue weighted by molar-refractivity contribution is 6.24. The molecule has 0 bridgehead atoms. The van der Waals surface area contributed by atoms with Crippen molar-refractivity contribution in [1.82, 2.24) is 5.32 Å². The quantitative estimate of drug-likeness (QED) is 0.373. The van der Waals surface area contributed by atoms with Gasteiger partial charge in [0.05, 0.1) is 45.5 Å². The lowest BCUT2D eigenvalue weighted by atomic mass is 9.79. The van der Waals surface area contributed by atoms with E-state index in [0.29, 0.717) is 11.3 Å². The second-order valence-electron chi connectivity index (χ2n) is 8.64. The van der Waals surface area contributed by atoms with Gasteiger partial charge in [-0.1, -0.05) is 18.2 Å². The maximum Gasteiger partial charge on any atom is 0.341 e. The first-order valence-electron chi connectivity index (χ1n) is 11.1. The number of anilines is 1. The van der Waals surface area contributed by atoms with E-state index < -0.39 is 53.8 Å². The van der Waals surface area contributed by atoms with Crippen LogP contribution in [0, 0.1) is 18.8 Å². The van der Waals surface area contributed by atoms with E-state index in [9.17, 15) is 29.4 Å². The third kappa shape index (κ3) is 3.50. The topological polar surface area (TPSA) is 152 Å². The van der Waals surface area contributed by atoms with Gasteiger partial charge in [-0.15, -0.1) is 0 Å². The highest BCUT2D eigenvalue weighted by Crippen LogP contribution is 2.51. The summed E-state index contributed by atoms with van der Waals surface area (Å²) in [7, 11) is 3.89. The number of nitrogens with zero attached hydrogens (tertiary/aromatic N) is 1. The van der Waals surface area contributed by atoms with Crippen LogP contribution < -0.4 is 19.7 Å². The summed E-state index contributed by atoms with van der Waals surface area (Å²) in [5.74, 6) is -6.13.